The molecule has 0 spiro atoms. The molecule has 0 aliphatic heterocycles. The summed E-state index contributed by atoms with van der Waals surface area (Å²) in [5, 5.41) is 23.7. The average molecular weight is 844 g/mol. The number of unbranched alkanes of at least 4 members (excludes halogenated alkanes) is 29. The molecule has 3 N–H and O–H groups in total. The van der Waals surface area contributed by atoms with E-state index in [9.17, 15) is 19.8 Å². The number of ether oxygens (including phenoxy) is 1. The molecule has 3 atom stereocenters. The first-order valence-electron chi connectivity index (χ1n) is 26.2. The van der Waals surface area contributed by atoms with Gasteiger partial charge in [-0.2, -0.15) is 0 Å². The van der Waals surface area contributed by atoms with Crippen LogP contribution in [-0.2, 0) is 14.3 Å². The number of rotatable bonds is 47. The highest BCUT2D eigenvalue weighted by Gasteiger charge is 2.24. The summed E-state index contributed by atoms with van der Waals surface area (Å²) < 4.78 is 5.93. The van der Waals surface area contributed by atoms with Gasteiger partial charge in [0.15, 0.2) is 0 Å². The summed E-state index contributed by atoms with van der Waals surface area (Å²) in [6, 6.07) is -0.705. The van der Waals surface area contributed by atoms with Crippen LogP contribution in [0.25, 0.3) is 0 Å². The minimum absolute atomic E-state index is 0.0664. The van der Waals surface area contributed by atoms with Gasteiger partial charge in [0.05, 0.1) is 25.2 Å². The lowest BCUT2D eigenvalue weighted by atomic mass is 10.0. The summed E-state index contributed by atoms with van der Waals surface area (Å²) >= 11 is 0. The van der Waals surface area contributed by atoms with Crippen molar-refractivity contribution in [2.24, 2.45) is 0 Å². The van der Waals surface area contributed by atoms with E-state index in [1.807, 2.05) is 0 Å². The molecule has 0 aliphatic rings. The Labute approximate surface area is 373 Å². The second-order valence-corrected chi connectivity index (χ2v) is 17.9. The van der Waals surface area contributed by atoms with E-state index in [2.05, 4.69) is 62.5 Å². The number of hydrogen-bond acceptors (Lipinski definition) is 5. The molecule has 1 amide bonds. The van der Waals surface area contributed by atoms with Crippen molar-refractivity contribution in [3.05, 3.63) is 36.5 Å². The van der Waals surface area contributed by atoms with Crippen molar-refractivity contribution in [3.63, 3.8) is 0 Å². The number of amides is 1. The number of carbonyl (C=O) groups is 2. The molecule has 0 aromatic rings. The monoisotopic (exact) mass is 844 g/mol. The molecule has 0 rings (SSSR count). The largest absolute Gasteiger partial charge is 0.462 e. The Kier molecular flexibility index (Phi) is 46.6. The molecular formula is C54H101NO5. The van der Waals surface area contributed by atoms with Crippen molar-refractivity contribution >= 4 is 11.9 Å². The average Bonchev–Trinajstić information content (AvgIpc) is 3.24. The highest BCUT2D eigenvalue weighted by atomic mass is 16.5. The number of aliphatic hydroxyl groups is 2. The fraction of sp³-hybridized carbons (Fsp3) is 0.852. The van der Waals surface area contributed by atoms with Crippen LogP contribution in [0.1, 0.15) is 271 Å². The van der Waals surface area contributed by atoms with Crippen LogP contribution in [0.5, 0.6) is 0 Å². The predicted octanol–water partition coefficient (Wildman–Crippen LogP) is 15.7. The molecule has 0 heterocycles. The van der Waals surface area contributed by atoms with E-state index in [0.717, 1.165) is 83.5 Å². The van der Waals surface area contributed by atoms with Crippen LogP contribution in [0.15, 0.2) is 36.5 Å². The van der Waals surface area contributed by atoms with Crippen LogP contribution < -0.4 is 5.32 Å². The molecular weight excluding hydrogens is 743 g/mol. The van der Waals surface area contributed by atoms with Gasteiger partial charge in [-0.3, -0.25) is 9.59 Å². The van der Waals surface area contributed by atoms with Crippen molar-refractivity contribution in [1.29, 1.82) is 0 Å². The third kappa shape index (κ3) is 42.8. The van der Waals surface area contributed by atoms with E-state index < -0.39 is 18.2 Å². The fourth-order valence-electron chi connectivity index (χ4n) is 7.97. The number of allylic oxidation sites excluding steroid dienone is 6. The fourth-order valence-corrected chi connectivity index (χ4v) is 7.97. The molecule has 0 bridgehead atoms. The Morgan fingerprint density at radius 3 is 1.32 bits per heavy atom. The number of nitrogens with one attached hydrogen (secondary N) is 1. The van der Waals surface area contributed by atoms with E-state index in [1.165, 1.54) is 141 Å². The first-order valence-corrected chi connectivity index (χ1v) is 26.2. The first-order chi connectivity index (χ1) is 29.5. The van der Waals surface area contributed by atoms with Gasteiger partial charge >= 0.3 is 5.97 Å². The molecule has 0 aromatic carbocycles. The van der Waals surface area contributed by atoms with Crippen LogP contribution >= 0.6 is 0 Å². The maximum absolute atomic E-state index is 13.2. The molecule has 0 aromatic heterocycles. The van der Waals surface area contributed by atoms with E-state index in [-0.39, 0.29) is 24.9 Å². The SMILES string of the molecule is CCCCC/C=C\C/C=C\C/C=C\CCCCCCC(CC(=O)NC(CO)C(O)CCCCCCCCCCCCC)OC(=O)CCCCCCCCCCCCCCC. The van der Waals surface area contributed by atoms with Gasteiger partial charge < -0.3 is 20.3 Å². The maximum Gasteiger partial charge on any atom is 0.306 e. The number of hydrogen-bond donors (Lipinski definition) is 3. The van der Waals surface area contributed by atoms with E-state index in [4.69, 9.17) is 4.74 Å². The predicted molar refractivity (Wildman–Crippen MR) is 259 cm³/mol. The number of aliphatic hydroxyl groups excluding tert-OH is 2. The molecule has 3 unspecified atom stereocenters. The van der Waals surface area contributed by atoms with Gasteiger partial charge in [-0.05, 0) is 64.2 Å². The Hall–Kier alpha value is -1.92. The molecule has 0 aliphatic carbocycles. The van der Waals surface area contributed by atoms with Gasteiger partial charge in [-0.15, -0.1) is 0 Å². The lowest BCUT2D eigenvalue weighted by Crippen LogP contribution is -2.46. The van der Waals surface area contributed by atoms with Crippen LogP contribution in [-0.4, -0.2) is 46.9 Å². The van der Waals surface area contributed by atoms with Gasteiger partial charge in [0.1, 0.15) is 6.10 Å². The first kappa shape index (κ1) is 58.1. The third-order valence-electron chi connectivity index (χ3n) is 12.0. The van der Waals surface area contributed by atoms with Crippen molar-refractivity contribution in [1.82, 2.24) is 5.32 Å². The van der Waals surface area contributed by atoms with Gasteiger partial charge in [0.25, 0.3) is 0 Å². The van der Waals surface area contributed by atoms with Crippen molar-refractivity contribution < 1.29 is 24.5 Å². The number of carbonyl (C=O) groups excluding carboxylic acids is 2. The lowest BCUT2D eigenvalue weighted by Gasteiger charge is -2.24. The minimum atomic E-state index is -0.790. The number of esters is 1. The van der Waals surface area contributed by atoms with E-state index in [0.29, 0.717) is 19.3 Å². The highest BCUT2D eigenvalue weighted by Crippen LogP contribution is 2.18. The zero-order chi connectivity index (χ0) is 43.8. The highest BCUT2D eigenvalue weighted by molar-refractivity contribution is 5.77. The second-order valence-electron chi connectivity index (χ2n) is 17.9. The molecule has 0 radical (unpaired) electrons. The maximum atomic E-state index is 13.2. The molecule has 6 heteroatoms. The van der Waals surface area contributed by atoms with Crippen LogP contribution in [0.3, 0.4) is 0 Å². The van der Waals surface area contributed by atoms with Crippen LogP contribution in [0.2, 0.25) is 0 Å². The third-order valence-corrected chi connectivity index (χ3v) is 12.0. The summed E-state index contributed by atoms with van der Waals surface area (Å²) in [7, 11) is 0. The Balaban J connectivity index is 4.62. The normalized spacial score (nSPS) is 13.5. The standard InChI is InChI=1S/C54H101NO5/c1-4-7-10-13-16-19-22-24-25-26-27-29-31-33-36-39-42-45-50(60-54(59)47-44-41-38-35-32-28-23-20-17-14-11-8-5-2)48-53(58)55-51(49-56)52(57)46-43-40-37-34-30-21-18-15-12-9-6-3/h16,19,24-25,27,29,50-52,56-57H,4-15,17-18,20-23,26,28,30-49H2,1-3H3,(H,55,58)/b19-16-,25-24-,29-27-. The Bertz CT molecular complexity index is 993. The van der Waals surface area contributed by atoms with Crippen molar-refractivity contribution in [2.75, 3.05) is 6.61 Å². The summed E-state index contributed by atoms with van der Waals surface area (Å²) in [6.45, 7) is 6.45. The van der Waals surface area contributed by atoms with Crippen LogP contribution in [0, 0.1) is 0 Å². The molecule has 6 nitrogen and oxygen atoms in total. The molecule has 0 fully saturated rings. The molecule has 352 valence electrons. The molecule has 0 saturated heterocycles. The van der Waals surface area contributed by atoms with Gasteiger partial charge in [0, 0.05) is 6.42 Å². The summed E-state index contributed by atoms with van der Waals surface area (Å²) in [4.78, 5) is 26.1. The summed E-state index contributed by atoms with van der Waals surface area (Å²) in [6.07, 6.45) is 56.3. The molecule has 0 saturated carbocycles. The minimum Gasteiger partial charge on any atom is -0.462 e. The smallest absolute Gasteiger partial charge is 0.306 e. The van der Waals surface area contributed by atoms with Gasteiger partial charge in [-0.1, -0.05) is 231 Å². The van der Waals surface area contributed by atoms with E-state index in [1.54, 1.807) is 0 Å². The molecule has 60 heavy (non-hydrogen) atoms. The van der Waals surface area contributed by atoms with Gasteiger partial charge in [-0.25, -0.2) is 0 Å². The van der Waals surface area contributed by atoms with Gasteiger partial charge in [0.2, 0.25) is 5.91 Å². The van der Waals surface area contributed by atoms with Crippen molar-refractivity contribution in [2.45, 2.75) is 289 Å². The zero-order valence-electron chi connectivity index (χ0n) is 40.1. The summed E-state index contributed by atoms with van der Waals surface area (Å²) in [5.41, 5.74) is 0. The Morgan fingerprint density at radius 1 is 0.483 bits per heavy atom. The Morgan fingerprint density at radius 2 is 0.850 bits per heavy atom. The second kappa shape index (κ2) is 48.1. The topological polar surface area (TPSA) is 95.9 Å². The quantitative estimate of drug-likeness (QED) is 0.0322. The van der Waals surface area contributed by atoms with Crippen LogP contribution in [0.4, 0.5) is 0 Å². The van der Waals surface area contributed by atoms with Crippen molar-refractivity contribution in [3.8, 4) is 0 Å². The van der Waals surface area contributed by atoms with E-state index >= 15 is 0 Å². The lowest BCUT2D eigenvalue weighted by molar-refractivity contribution is -0.151. The zero-order valence-corrected chi connectivity index (χ0v) is 40.1. The summed E-state index contributed by atoms with van der Waals surface area (Å²) in [5.74, 6) is -0.485.